The van der Waals surface area contributed by atoms with Crippen molar-refractivity contribution < 1.29 is 19.1 Å². The molecule has 3 rings (SSSR count). The number of anilines is 1. The van der Waals surface area contributed by atoms with E-state index in [0.29, 0.717) is 37.9 Å². The number of thioether (sulfide) groups is 1. The van der Waals surface area contributed by atoms with Crippen LogP contribution in [0.3, 0.4) is 0 Å². The number of hydrogen-bond acceptors (Lipinski definition) is 8. The minimum Gasteiger partial charge on any atom is -0.496 e. The molecule has 0 aliphatic rings. The summed E-state index contributed by atoms with van der Waals surface area (Å²) in [5.41, 5.74) is 1.06. The third-order valence-corrected chi connectivity index (χ3v) is 6.81. The summed E-state index contributed by atoms with van der Waals surface area (Å²) < 4.78 is 12.0. The lowest BCUT2D eigenvalue weighted by molar-refractivity contribution is -0.113. The molecule has 0 fully saturated rings. The maximum absolute atomic E-state index is 12.5. The topological polar surface area (TPSA) is 95.3 Å². The Labute approximate surface area is 192 Å². The molecule has 0 unspecified atom stereocenters. The summed E-state index contributed by atoms with van der Waals surface area (Å²) in [6.07, 6.45) is 0.758. The van der Waals surface area contributed by atoms with Crippen LogP contribution < -0.4 is 10.1 Å². The maximum atomic E-state index is 12.5. The molecular formula is C20H21ClN4O4S2. The summed E-state index contributed by atoms with van der Waals surface area (Å²) in [6.45, 7) is 1.98. The third-order valence-electron chi connectivity index (χ3n) is 4.36. The van der Waals surface area contributed by atoms with Crippen LogP contribution in [0.4, 0.5) is 5.00 Å². The van der Waals surface area contributed by atoms with E-state index in [1.165, 1.54) is 30.2 Å². The number of nitrogens with zero attached hydrogens (tertiary/aromatic N) is 3. The second-order valence-electron chi connectivity index (χ2n) is 6.35. The van der Waals surface area contributed by atoms with Gasteiger partial charge in [-0.05, 0) is 30.7 Å². The summed E-state index contributed by atoms with van der Waals surface area (Å²) in [5.74, 6) is 0.547. The van der Waals surface area contributed by atoms with Crippen LogP contribution in [-0.2, 0) is 23.0 Å². The Balaban J connectivity index is 1.72. The van der Waals surface area contributed by atoms with E-state index in [4.69, 9.17) is 21.1 Å². The number of carbonyl (C=O) groups excluding carboxylic acids is 2. The van der Waals surface area contributed by atoms with Crippen molar-refractivity contribution in [3.8, 4) is 17.1 Å². The molecule has 11 heteroatoms. The predicted molar refractivity (Wildman–Crippen MR) is 122 cm³/mol. The van der Waals surface area contributed by atoms with Crippen molar-refractivity contribution in [1.29, 1.82) is 0 Å². The molecule has 164 valence electrons. The molecular weight excluding hydrogens is 460 g/mol. The zero-order valence-corrected chi connectivity index (χ0v) is 19.8. The quantitative estimate of drug-likeness (QED) is 0.379. The van der Waals surface area contributed by atoms with E-state index in [1.54, 1.807) is 43.0 Å². The Morgan fingerprint density at radius 2 is 2.03 bits per heavy atom. The van der Waals surface area contributed by atoms with Gasteiger partial charge in [0.05, 0.1) is 31.1 Å². The van der Waals surface area contributed by atoms with Crippen LogP contribution in [0, 0.1) is 0 Å². The second-order valence-corrected chi connectivity index (χ2v) is 8.86. The predicted octanol–water partition coefficient (Wildman–Crippen LogP) is 4.29. The number of esters is 1. The summed E-state index contributed by atoms with van der Waals surface area (Å²) in [5, 5.41) is 12.8. The zero-order chi connectivity index (χ0) is 22.5. The van der Waals surface area contributed by atoms with Crippen molar-refractivity contribution in [3.63, 3.8) is 0 Å². The smallest absolute Gasteiger partial charge is 0.340 e. The number of aryl methyl sites for hydroxylation is 1. The second kappa shape index (κ2) is 10.2. The van der Waals surface area contributed by atoms with Gasteiger partial charge in [0.25, 0.3) is 0 Å². The first-order valence-corrected chi connectivity index (χ1v) is 11.4. The van der Waals surface area contributed by atoms with Gasteiger partial charge in [-0.1, -0.05) is 30.3 Å². The number of carbonyl (C=O) groups is 2. The Hall–Kier alpha value is -2.56. The van der Waals surface area contributed by atoms with Gasteiger partial charge in [0, 0.05) is 16.9 Å². The molecule has 0 aliphatic heterocycles. The van der Waals surface area contributed by atoms with Crippen LogP contribution in [0.1, 0.15) is 22.2 Å². The van der Waals surface area contributed by atoms with E-state index >= 15 is 0 Å². The molecule has 0 saturated heterocycles. The molecule has 2 heterocycles. The lowest BCUT2D eigenvalue weighted by Crippen LogP contribution is -2.16. The maximum Gasteiger partial charge on any atom is 0.340 e. The number of rotatable bonds is 8. The summed E-state index contributed by atoms with van der Waals surface area (Å²) in [4.78, 5) is 25.5. The molecule has 1 amide bonds. The van der Waals surface area contributed by atoms with Crippen molar-refractivity contribution in [2.75, 3.05) is 25.3 Å². The summed E-state index contributed by atoms with van der Waals surface area (Å²) >= 11 is 8.71. The number of amides is 1. The highest BCUT2D eigenvalue weighted by Crippen LogP contribution is 2.33. The van der Waals surface area contributed by atoms with E-state index in [0.717, 1.165) is 11.3 Å². The fourth-order valence-corrected chi connectivity index (χ4v) is 4.68. The molecule has 2 aromatic heterocycles. The normalized spacial score (nSPS) is 10.7. The Bertz CT molecular complexity index is 1110. The van der Waals surface area contributed by atoms with Crippen LogP contribution >= 0.6 is 34.7 Å². The van der Waals surface area contributed by atoms with E-state index in [1.807, 2.05) is 6.92 Å². The minimum absolute atomic E-state index is 0.0959. The van der Waals surface area contributed by atoms with Crippen molar-refractivity contribution >= 4 is 51.6 Å². The van der Waals surface area contributed by atoms with Gasteiger partial charge in [0.15, 0.2) is 11.0 Å². The molecule has 0 spiro atoms. The van der Waals surface area contributed by atoms with Crippen LogP contribution in [0.5, 0.6) is 5.75 Å². The summed E-state index contributed by atoms with van der Waals surface area (Å²) in [7, 11) is 4.69. The molecule has 0 saturated carbocycles. The van der Waals surface area contributed by atoms with E-state index in [9.17, 15) is 9.59 Å². The van der Waals surface area contributed by atoms with E-state index < -0.39 is 5.97 Å². The SMILES string of the molecule is CCc1cc(C(=O)OC)c(NC(=O)CSc2nnc(-c3cc(Cl)ccc3OC)n2C)s1. The fraction of sp³-hybridized carbons (Fsp3) is 0.300. The van der Waals surface area contributed by atoms with Gasteiger partial charge in [0.2, 0.25) is 5.91 Å². The van der Waals surface area contributed by atoms with Gasteiger partial charge in [-0.2, -0.15) is 0 Å². The van der Waals surface area contributed by atoms with Crippen LogP contribution in [-0.4, -0.2) is 46.6 Å². The highest BCUT2D eigenvalue weighted by Gasteiger charge is 2.20. The molecule has 0 atom stereocenters. The number of benzene rings is 1. The largest absolute Gasteiger partial charge is 0.496 e. The molecule has 8 nitrogen and oxygen atoms in total. The highest BCUT2D eigenvalue weighted by atomic mass is 35.5. The standard InChI is InChI=1S/C20H21ClN4O4S2/c1-5-12-9-14(19(27)29-4)18(31-12)22-16(26)10-30-20-24-23-17(25(20)2)13-8-11(21)6-7-15(13)28-3/h6-9H,5,10H2,1-4H3,(H,22,26). The fourth-order valence-electron chi connectivity index (χ4n) is 2.79. The molecule has 0 radical (unpaired) electrons. The number of methoxy groups -OCH3 is 2. The van der Waals surface area contributed by atoms with Crippen LogP contribution in [0.25, 0.3) is 11.4 Å². The van der Waals surface area contributed by atoms with Crippen molar-refractivity contribution in [1.82, 2.24) is 14.8 Å². The molecule has 0 aliphatic carbocycles. The van der Waals surface area contributed by atoms with E-state index in [-0.39, 0.29) is 11.7 Å². The minimum atomic E-state index is -0.479. The number of nitrogens with one attached hydrogen (secondary N) is 1. The van der Waals surface area contributed by atoms with Crippen molar-refractivity contribution in [2.24, 2.45) is 7.05 Å². The first-order chi connectivity index (χ1) is 14.9. The Morgan fingerprint density at radius 1 is 1.26 bits per heavy atom. The van der Waals surface area contributed by atoms with Crippen LogP contribution in [0.2, 0.25) is 5.02 Å². The molecule has 1 aromatic carbocycles. The average Bonchev–Trinajstić information content (AvgIpc) is 3.34. The van der Waals surface area contributed by atoms with Crippen LogP contribution in [0.15, 0.2) is 29.4 Å². The first-order valence-electron chi connectivity index (χ1n) is 9.24. The van der Waals surface area contributed by atoms with Crippen molar-refractivity contribution in [2.45, 2.75) is 18.5 Å². The zero-order valence-electron chi connectivity index (χ0n) is 17.4. The first kappa shape index (κ1) is 23.1. The number of ether oxygens (including phenoxy) is 2. The van der Waals surface area contributed by atoms with Gasteiger partial charge in [-0.3, -0.25) is 4.79 Å². The number of thiophene rings is 1. The molecule has 0 bridgehead atoms. The number of hydrogen-bond donors (Lipinski definition) is 1. The van der Waals surface area contributed by atoms with Gasteiger partial charge in [-0.15, -0.1) is 21.5 Å². The van der Waals surface area contributed by atoms with Gasteiger partial charge in [0.1, 0.15) is 10.8 Å². The number of halogens is 1. The third kappa shape index (κ3) is 5.20. The lowest BCUT2D eigenvalue weighted by Gasteiger charge is -2.09. The average molecular weight is 481 g/mol. The van der Waals surface area contributed by atoms with Gasteiger partial charge >= 0.3 is 5.97 Å². The number of aromatic nitrogens is 3. The lowest BCUT2D eigenvalue weighted by atomic mass is 10.2. The molecule has 3 aromatic rings. The van der Waals surface area contributed by atoms with Gasteiger partial charge < -0.3 is 19.4 Å². The highest BCUT2D eigenvalue weighted by molar-refractivity contribution is 7.99. The Kier molecular flexibility index (Phi) is 7.58. The van der Waals surface area contributed by atoms with Gasteiger partial charge in [-0.25, -0.2) is 4.79 Å². The molecule has 1 N–H and O–H groups in total. The Morgan fingerprint density at radius 3 is 2.71 bits per heavy atom. The van der Waals surface area contributed by atoms with E-state index in [2.05, 4.69) is 15.5 Å². The monoisotopic (exact) mass is 480 g/mol. The van der Waals surface area contributed by atoms with Crippen molar-refractivity contribution in [3.05, 3.63) is 39.7 Å². The summed E-state index contributed by atoms with van der Waals surface area (Å²) in [6, 6.07) is 6.99. The molecule has 31 heavy (non-hydrogen) atoms.